The molecule has 0 aliphatic heterocycles. The fraction of sp³-hybridized carbons (Fsp3) is 0.786. The SMILES string of the molecule is COC(C)(C)CCn1ccc(CNC(C)(C)C)n1. The third-order valence-electron chi connectivity index (χ3n) is 2.99. The first-order chi connectivity index (χ1) is 8.22. The lowest BCUT2D eigenvalue weighted by Gasteiger charge is -2.22. The van der Waals surface area contributed by atoms with Gasteiger partial charge in [-0.2, -0.15) is 5.10 Å². The smallest absolute Gasteiger partial charge is 0.0762 e. The molecule has 0 aliphatic carbocycles. The number of nitrogens with one attached hydrogen (secondary N) is 1. The van der Waals surface area contributed by atoms with Crippen molar-refractivity contribution in [2.45, 2.75) is 65.3 Å². The monoisotopic (exact) mass is 253 g/mol. The Bertz CT molecular complexity index is 363. The van der Waals surface area contributed by atoms with Crippen molar-refractivity contribution in [3.05, 3.63) is 18.0 Å². The molecule has 0 atom stereocenters. The molecule has 0 bridgehead atoms. The molecule has 0 saturated carbocycles. The predicted octanol–water partition coefficient (Wildman–Crippen LogP) is 2.59. The zero-order valence-corrected chi connectivity index (χ0v) is 12.6. The van der Waals surface area contributed by atoms with E-state index in [1.807, 2.05) is 10.9 Å². The van der Waals surface area contributed by atoms with Crippen molar-refractivity contribution in [3.63, 3.8) is 0 Å². The average molecular weight is 253 g/mol. The molecular weight excluding hydrogens is 226 g/mol. The van der Waals surface area contributed by atoms with Gasteiger partial charge in [-0.1, -0.05) is 0 Å². The van der Waals surface area contributed by atoms with Crippen LogP contribution in [0.25, 0.3) is 0 Å². The molecule has 0 aliphatic rings. The van der Waals surface area contributed by atoms with Gasteiger partial charge >= 0.3 is 0 Å². The zero-order valence-electron chi connectivity index (χ0n) is 12.6. The Morgan fingerprint density at radius 2 is 1.94 bits per heavy atom. The minimum absolute atomic E-state index is 0.0875. The molecule has 1 aromatic rings. The molecule has 1 N–H and O–H groups in total. The quantitative estimate of drug-likeness (QED) is 0.847. The lowest BCUT2D eigenvalue weighted by atomic mass is 10.1. The largest absolute Gasteiger partial charge is 0.379 e. The van der Waals surface area contributed by atoms with E-state index in [1.165, 1.54) is 0 Å². The summed E-state index contributed by atoms with van der Waals surface area (Å²) in [5.41, 5.74) is 1.12. The van der Waals surface area contributed by atoms with Crippen LogP contribution in [-0.4, -0.2) is 28.0 Å². The third kappa shape index (κ3) is 5.65. The van der Waals surface area contributed by atoms with Gasteiger partial charge in [0.25, 0.3) is 0 Å². The fourth-order valence-corrected chi connectivity index (χ4v) is 1.46. The molecule has 0 spiro atoms. The van der Waals surface area contributed by atoms with Crippen LogP contribution in [0.4, 0.5) is 0 Å². The van der Waals surface area contributed by atoms with E-state index in [9.17, 15) is 0 Å². The first kappa shape index (κ1) is 15.2. The predicted molar refractivity (Wildman–Crippen MR) is 74.5 cm³/mol. The van der Waals surface area contributed by atoms with Crippen molar-refractivity contribution in [1.29, 1.82) is 0 Å². The first-order valence-corrected chi connectivity index (χ1v) is 6.54. The molecular formula is C14H27N3O. The summed E-state index contributed by atoms with van der Waals surface area (Å²) in [6, 6.07) is 2.07. The van der Waals surface area contributed by atoms with Crippen LogP contribution in [0.15, 0.2) is 12.3 Å². The Morgan fingerprint density at radius 3 is 2.50 bits per heavy atom. The van der Waals surface area contributed by atoms with Crippen LogP contribution >= 0.6 is 0 Å². The van der Waals surface area contributed by atoms with E-state index >= 15 is 0 Å². The molecule has 0 saturated heterocycles. The van der Waals surface area contributed by atoms with Crippen LogP contribution < -0.4 is 5.32 Å². The normalized spacial score (nSPS) is 13.0. The van der Waals surface area contributed by atoms with Gasteiger partial charge in [0, 0.05) is 31.9 Å². The van der Waals surface area contributed by atoms with Gasteiger partial charge in [-0.25, -0.2) is 0 Å². The van der Waals surface area contributed by atoms with Gasteiger partial charge in [0.05, 0.1) is 11.3 Å². The average Bonchev–Trinajstić information content (AvgIpc) is 2.71. The minimum atomic E-state index is -0.0875. The number of hydrogen-bond acceptors (Lipinski definition) is 3. The molecule has 4 nitrogen and oxygen atoms in total. The van der Waals surface area contributed by atoms with Crippen LogP contribution in [0, 0.1) is 0 Å². The van der Waals surface area contributed by atoms with E-state index < -0.39 is 0 Å². The fourth-order valence-electron chi connectivity index (χ4n) is 1.46. The summed E-state index contributed by atoms with van der Waals surface area (Å²) in [7, 11) is 1.75. The molecule has 1 rings (SSSR count). The highest BCUT2D eigenvalue weighted by Gasteiger charge is 2.16. The molecule has 4 heteroatoms. The maximum atomic E-state index is 5.40. The summed E-state index contributed by atoms with van der Waals surface area (Å²) in [6.45, 7) is 12.4. The zero-order chi connectivity index (χ0) is 13.8. The Morgan fingerprint density at radius 1 is 1.28 bits per heavy atom. The highest BCUT2D eigenvalue weighted by Crippen LogP contribution is 2.14. The number of ether oxygens (including phenoxy) is 1. The van der Waals surface area contributed by atoms with Gasteiger partial charge < -0.3 is 10.1 Å². The number of aryl methyl sites for hydroxylation is 1. The molecule has 18 heavy (non-hydrogen) atoms. The molecule has 1 aromatic heterocycles. The summed E-state index contributed by atoms with van der Waals surface area (Å²) >= 11 is 0. The number of methoxy groups -OCH3 is 1. The third-order valence-corrected chi connectivity index (χ3v) is 2.99. The molecule has 1 heterocycles. The Hall–Kier alpha value is -0.870. The van der Waals surface area contributed by atoms with Crippen molar-refractivity contribution in [2.75, 3.05) is 7.11 Å². The second-order valence-electron chi connectivity index (χ2n) is 6.39. The number of aromatic nitrogens is 2. The first-order valence-electron chi connectivity index (χ1n) is 6.54. The van der Waals surface area contributed by atoms with Gasteiger partial charge in [0.1, 0.15) is 0 Å². The Kier molecular flexibility index (Phi) is 4.93. The summed E-state index contributed by atoms with van der Waals surface area (Å²) < 4.78 is 7.39. The van der Waals surface area contributed by atoms with Crippen LogP contribution in [-0.2, 0) is 17.8 Å². The number of nitrogens with zero attached hydrogens (tertiary/aromatic N) is 2. The van der Waals surface area contributed by atoms with Crippen molar-refractivity contribution >= 4 is 0 Å². The summed E-state index contributed by atoms with van der Waals surface area (Å²) in [6.07, 6.45) is 2.99. The van der Waals surface area contributed by atoms with E-state index in [-0.39, 0.29) is 11.1 Å². The van der Waals surface area contributed by atoms with Crippen LogP contribution in [0.1, 0.15) is 46.7 Å². The maximum Gasteiger partial charge on any atom is 0.0762 e. The van der Waals surface area contributed by atoms with Gasteiger partial charge in [-0.05, 0) is 47.1 Å². The molecule has 0 aromatic carbocycles. The van der Waals surface area contributed by atoms with E-state index in [1.54, 1.807) is 7.11 Å². The second-order valence-corrected chi connectivity index (χ2v) is 6.39. The molecule has 0 radical (unpaired) electrons. The van der Waals surface area contributed by atoms with Crippen molar-refractivity contribution in [1.82, 2.24) is 15.1 Å². The summed E-state index contributed by atoms with van der Waals surface area (Å²) in [5.74, 6) is 0. The van der Waals surface area contributed by atoms with Gasteiger partial charge in [-0.3, -0.25) is 4.68 Å². The van der Waals surface area contributed by atoms with E-state index in [2.05, 4.69) is 51.1 Å². The van der Waals surface area contributed by atoms with E-state index in [4.69, 9.17) is 4.74 Å². The van der Waals surface area contributed by atoms with Crippen molar-refractivity contribution < 1.29 is 4.74 Å². The van der Waals surface area contributed by atoms with Crippen LogP contribution in [0.2, 0.25) is 0 Å². The minimum Gasteiger partial charge on any atom is -0.379 e. The molecule has 0 unspecified atom stereocenters. The molecule has 0 amide bonds. The van der Waals surface area contributed by atoms with Gasteiger partial charge in [0.2, 0.25) is 0 Å². The van der Waals surface area contributed by atoms with Crippen molar-refractivity contribution in [3.8, 4) is 0 Å². The Labute approximate surface area is 111 Å². The standard InChI is InChI=1S/C14H27N3O/c1-13(2,3)15-11-12-7-9-17(16-12)10-8-14(4,5)18-6/h7,9,15H,8,10-11H2,1-6H3. The molecule has 0 fully saturated rings. The molecule has 104 valence electrons. The van der Waals surface area contributed by atoms with Crippen molar-refractivity contribution in [2.24, 2.45) is 0 Å². The Balaban J connectivity index is 2.44. The topological polar surface area (TPSA) is 39.1 Å². The number of hydrogen-bond donors (Lipinski definition) is 1. The number of rotatable bonds is 6. The van der Waals surface area contributed by atoms with Gasteiger partial charge in [-0.15, -0.1) is 0 Å². The van der Waals surface area contributed by atoms with Gasteiger partial charge in [0.15, 0.2) is 0 Å². The highest BCUT2D eigenvalue weighted by molar-refractivity contribution is 4.99. The van der Waals surface area contributed by atoms with Crippen LogP contribution in [0.3, 0.4) is 0 Å². The lowest BCUT2D eigenvalue weighted by molar-refractivity contribution is 0.0113. The van der Waals surface area contributed by atoms with Crippen LogP contribution in [0.5, 0.6) is 0 Å². The van der Waals surface area contributed by atoms with E-state index in [0.29, 0.717) is 0 Å². The summed E-state index contributed by atoms with van der Waals surface area (Å²) in [4.78, 5) is 0. The lowest BCUT2D eigenvalue weighted by Crippen LogP contribution is -2.35. The second kappa shape index (κ2) is 5.85. The summed E-state index contributed by atoms with van der Waals surface area (Å²) in [5, 5.41) is 7.98. The maximum absolute atomic E-state index is 5.40. The highest BCUT2D eigenvalue weighted by atomic mass is 16.5. The van der Waals surface area contributed by atoms with E-state index in [0.717, 1.165) is 25.2 Å².